The molecule has 31 heavy (non-hydrogen) atoms. The third-order valence-electron chi connectivity index (χ3n) is 5.30. The first-order valence-corrected chi connectivity index (χ1v) is 9.79. The first-order chi connectivity index (χ1) is 15.0. The SMILES string of the molecule is C=CC1COC(c2ccc(-c3ccc(-c4ccc(OC)c(F)c4F)cc3)c(F)c2)OC1. The second-order valence-electron chi connectivity index (χ2n) is 7.25. The van der Waals surface area contributed by atoms with Gasteiger partial charge in [0.2, 0.25) is 5.82 Å². The average molecular weight is 426 g/mol. The van der Waals surface area contributed by atoms with E-state index >= 15 is 0 Å². The van der Waals surface area contributed by atoms with Gasteiger partial charge in [0.1, 0.15) is 5.82 Å². The van der Waals surface area contributed by atoms with Crippen LogP contribution >= 0.6 is 0 Å². The Kier molecular flexibility index (Phi) is 6.11. The quantitative estimate of drug-likeness (QED) is 0.449. The van der Waals surface area contributed by atoms with Crippen LogP contribution in [0.15, 0.2) is 67.3 Å². The molecule has 1 heterocycles. The molecular formula is C25H21F3O3. The molecule has 4 rings (SSSR count). The van der Waals surface area contributed by atoms with Gasteiger partial charge in [0.15, 0.2) is 17.9 Å². The third kappa shape index (κ3) is 4.22. The molecular weight excluding hydrogens is 405 g/mol. The summed E-state index contributed by atoms with van der Waals surface area (Å²) in [5.41, 5.74) is 2.16. The van der Waals surface area contributed by atoms with E-state index in [2.05, 4.69) is 6.58 Å². The zero-order valence-electron chi connectivity index (χ0n) is 16.9. The Morgan fingerprint density at radius 3 is 2.06 bits per heavy atom. The number of hydrogen-bond donors (Lipinski definition) is 0. The Morgan fingerprint density at radius 1 is 0.871 bits per heavy atom. The summed E-state index contributed by atoms with van der Waals surface area (Å²) in [6, 6.07) is 14.2. The molecule has 1 aliphatic rings. The van der Waals surface area contributed by atoms with Crippen molar-refractivity contribution in [3.8, 4) is 28.0 Å². The van der Waals surface area contributed by atoms with Crippen LogP contribution in [-0.2, 0) is 9.47 Å². The third-order valence-corrected chi connectivity index (χ3v) is 5.30. The summed E-state index contributed by atoms with van der Waals surface area (Å²) < 4.78 is 59.2. The summed E-state index contributed by atoms with van der Waals surface area (Å²) >= 11 is 0. The van der Waals surface area contributed by atoms with E-state index in [1.807, 2.05) is 0 Å². The van der Waals surface area contributed by atoms with Gasteiger partial charge in [-0.25, -0.2) is 8.78 Å². The first kappa shape index (κ1) is 21.2. The van der Waals surface area contributed by atoms with Crippen LogP contribution in [0.3, 0.4) is 0 Å². The van der Waals surface area contributed by atoms with Gasteiger partial charge in [-0.3, -0.25) is 0 Å². The molecule has 0 spiro atoms. The fourth-order valence-electron chi connectivity index (χ4n) is 3.50. The van der Waals surface area contributed by atoms with Crippen LogP contribution in [0.4, 0.5) is 13.2 Å². The number of hydrogen-bond acceptors (Lipinski definition) is 3. The molecule has 0 aliphatic carbocycles. The number of ether oxygens (including phenoxy) is 3. The number of methoxy groups -OCH3 is 1. The van der Waals surface area contributed by atoms with E-state index in [0.717, 1.165) is 0 Å². The molecule has 3 aromatic rings. The summed E-state index contributed by atoms with van der Waals surface area (Å²) in [6.45, 7) is 4.67. The largest absolute Gasteiger partial charge is 0.494 e. The summed E-state index contributed by atoms with van der Waals surface area (Å²) in [7, 11) is 1.27. The molecule has 0 saturated carbocycles. The van der Waals surface area contributed by atoms with Gasteiger partial charge in [-0.2, -0.15) is 4.39 Å². The van der Waals surface area contributed by atoms with Gasteiger partial charge in [0.25, 0.3) is 0 Å². The summed E-state index contributed by atoms with van der Waals surface area (Å²) in [6.07, 6.45) is 1.16. The second kappa shape index (κ2) is 8.96. The van der Waals surface area contributed by atoms with Crippen molar-refractivity contribution in [1.29, 1.82) is 0 Å². The lowest BCUT2D eigenvalue weighted by Crippen LogP contribution is -2.25. The molecule has 0 amide bonds. The molecule has 0 radical (unpaired) electrons. The molecule has 1 saturated heterocycles. The van der Waals surface area contributed by atoms with E-state index in [4.69, 9.17) is 14.2 Å². The van der Waals surface area contributed by atoms with Crippen molar-refractivity contribution in [2.24, 2.45) is 5.92 Å². The van der Waals surface area contributed by atoms with Crippen LogP contribution < -0.4 is 4.74 Å². The molecule has 3 nitrogen and oxygen atoms in total. The Hall–Kier alpha value is -3.09. The summed E-state index contributed by atoms with van der Waals surface area (Å²) in [5, 5.41) is 0. The maximum Gasteiger partial charge on any atom is 0.201 e. The lowest BCUT2D eigenvalue weighted by molar-refractivity contribution is -0.197. The zero-order chi connectivity index (χ0) is 22.0. The summed E-state index contributed by atoms with van der Waals surface area (Å²) in [5.74, 6) is -2.50. The standard InChI is InChI=1S/C25H21F3O3/c1-3-15-13-30-25(31-14-15)18-8-9-19(21(26)12-18)16-4-6-17(7-5-16)20-10-11-22(29-2)24(28)23(20)27/h3-12,15,25H,1,13-14H2,2H3. The molecule has 1 aliphatic heterocycles. The van der Waals surface area contributed by atoms with E-state index in [1.54, 1.807) is 42.5 Å². The van der Waals surface area contributed by atoms with Crippen molar-refractivity contribution in [2.45, 2.75) is 6.29 Å². The van der Waals surface area contributed by atoms with Gasteiger partial charge in [-0.15, -0.1) is 6.58 Å². The van der Waals surface area contributed by atoms with Crippen LogP contribution in [0.5, 0.6) is 5.75 Å². The lowest BCUT2D eigenvalue weighted by atomic mass is 9.98. The van der Waals surface area contributed by atoms with E-state index in [9.17, 15) is 13.2 Å². The molecule has 6 heteroatoms. The molecule has 0 aromatic heterocycles. The van der Waals surface area contributed by atoms with E-state index in [-0.39, 0.29) is 17.2 Å². The van der Waals surface area contributed by atoms with E-state index < -0.39 is 23.7 Å². The minimum absolute atomic E-state index is 0.102. The van der Waals surface area contributed by atoms with E-state index in [1.165, 1.54) is 25.3 Å². The van der Waals surface area contributed by atoms with Crippen molar-refractivity contribution in [2.75, 3.05) is 20.3 Å². The highest BCUT2D eigenvalue weighted by atomic mass is 19.2. The number of halogens is 3. The predicted molar refractivity (Wildman–Crippen MR) is 112 cm³/mol. The molecule has 3 aromatic carbocycles. The monoisotopic (exact) mass is 426 g/mol. The predicted octanol–water partition coefficient (Wildman–Crippen LogP) is 6.29. The first-order valence-electron chi connectivity index (χ1n) is 9.79. The molecule has 0 unspecified atom stereocenters. The van der Waals surface area contributed by atoms with Crippen LogP contribution in [0.1, 0.15) is 11.9 Å². The lowest BCUT2D eigenvalue weighted by Gasteiger charge is -2.28. The van der Waals surface area contributed by atoms with Crippen molar-refractivity contribution in [1.82, 2.24) is 0 Å². The maximum absolute atomic E-state index is 14.8. The highest BCUT2D eigenvalue weighted by Crippen LogP contribution is 2.33. The zero-order valence-corrected chi connectivity index (χ0v) is 16.9. The molecule has 160 valence electrons. The Morgan fingerprint density at radius 2 is 1.48 bits per heavy atom. The minimum atomic E-state index is -1.04. The highest BCUT2D eigenvalue weighted by Gasteiger charge is 2.23. The smallest absolute Gasteiger partial charge is 0.201 e. The van der Waals surface area contributed by atoms with E-state index in [0.29, 0.717) is 35.5 Å². The van der Waals surface area contributed by atoms with Crippen LogP contribution in [0.25, 0.3) is 22.3 Å². The minimum Gasteiger partial charge on any atom is -0.494 e. The van der Waals surface area contributed by atoms with Gasteiger partial charge in [-0.05, 0) is 29.3 Å². The van der Waals surface area contributed by atoms with Crippen molar-refractivity contribution in [3.63, 3.8) is 0 Å². The van der Waals surface area contributed by atoms with Gasteiger partial charge in [0, 0.05) is 22.6 Å². The van der Waals surface area contributed by atoms with Crippen molar-refractivity contribution in [3.05, 3.63) is 90.3 Å². The average Bonchev–Trinajstić information content (AvgIpc) is 2.81. The van der Waals surface area contributed by atoms with Crippen LogP contribution in [-0.4, -0.2) is 20.3 Å². The maximum atomic E-state index is 14.8. The van der Waals surface area contributed by atoms with Gasteiger partial charge in [0.05, 0.1) is 20.3 Å². The highest BCUT2D eigenvalue weighted by molar-refractivity contribution is 5.71. The summed E-state index contributed by atoms with van der Waals surface area (Å²) in [4.78, 5) is 0. The second-order valence-corrected chi connectivity index (χ2v) is 7.25. The fraction of sp³-hybridized carbons (Fsp3) is 0.200. The van der Waals surface area contributed by atoms with Crippen molar-refractivity contribution < 1.29 is 27.4 Å². The van der Waals surface area contributed by atoms with Crippen molar-refractivity contribution >= 4 is 0 Å². The topological polar surface area (TPSA) is 27.7 Å². The van der Waals surface area contributed by atoms with Gasteiger partial charge in [-0.1, -0.05) is 42.5 Å². The molecule has 0 atom stereocenters. The normalized spacial score (nSPS) is 18.6. The molecule has 0 bridgehead atoms. The Labute approximate surface area is 178 Å². The van der Waals surface area contributed by atoms with Crippen LogP contribution in [0, 0.1) is 23.4 Å². The number of benzene rings is 3. The Bertz CT molecular complexity index is 1090. The number of rotatable bonds is 5. The molecule has 0 N–H and O–H groups in total. The fourth-order valence-corrected chi connectivity index (χ4v) is 3.50. The molecule has 1 fully saturated rings. The van der Waals surface area contributed by atoms with Gasteiger partial charge >= 0.3 is 0 Å². The van der Waals surface area contributed by atoms with Crippen LogP contribution in [0.2, 0.25) is 0 Å². The van der Waals surface area contributed by atoms with Gasteiger partial charge < -0.3 is 14.2 Å². The Balaban J connectivity index is 1.56.